The third kappa shape index (κ3) is 3.48. The summed E-state index contributed by atoms with van der Waals surface area (Å²) in [6, 6.07) is 0. The number of hydrogen-bond donors (Lipinski definition) is 2. The quantitative estimate of drug-likeness (QED) is 0.454. The molecule has 0 aromatic heterocycles. The molecule has 7 heteroatoms. The van der Waals surface area contributed by atoms with Crippen molar-refractivity contribution in [2.75, 3.05) is 20.1 Å². The van der Waals surface area contributed by atoms with Gasteiger partial charge in [-0.25, -0.2) is 4.39 Å². The minimum atomic E-state index is -1.14. The van der Waals surface area contributed by atoms with E-state index in [1.54, 1.807) is 0 Å². The number of rotatable bonds is 4. The van der Waals surface area contributed by atoms with Gasteiger partial charge in [-0.15, -0.1) is 11.6 Å². The van der Waals surface area contributed by atoms with Crippen molar-refractivity contribution in [2.24, 2.45) is 5.92 Å². The first kappa shape index (κ1) is 15.7. The molecule has 0 aliphatic carbocycles. The molecule has 0 bridgehead atoms. The second-order valence-electron chi connectivity index (χ2n) is 5.43. The van der Waals surface area contributed by atoms with Crippen molar-refractivity contribution >= 4 is 23.3 Å². The van der Waals surface area contributed by atoms with E-state index in [4.69, 9.17) is 11.6 Å². The Morgan fingerprint density at radius 1 is 1.40 bits per heavy atom. The molecule has 2 aliphatic rings. The summed E-state index contributed by atoms with van der Waals surface area (Å²) in [5.74, 6) is -1.32. The Morgan fingerprint density at radius 3 is 2.65 bits per heavy atom. The summed E-state index contributed by atoms with van der Waals surface area (Å²) in [7, 11) is 1.47. The first-order valence-corrected chi connectivity index (χ1v) is 7.48. The van der Waals surface area contributed by atoms with Gasteiger partial charge in [0.2, 0.25) is 5.91 Å². The summed E-state index contributed by atoms with van der Waals surface area (Å²) >= 11 is 6.19. The smallest absolute Gasteiger partial charge is 0.227 e. The van der Waals surface area contributed by atoms with E-state index in [2.05, 4.69) is 10.6 Å². The molecule has 4 atom stereocenters. The summed E-state index contributed by atoms with van der Waals surface area (Å²) in [5.41, 5.74) is -0.621. The number of piperidine rings is 1. The highest BCUT2D eigenvalue weighted by atomic mass is 35.5. The van der Waals surface area contributed by atoms with Gasteiger partial charge in [0.1, 0.15) is 12.0 Å². The average Bonchev–Trinajstić information content (AvgIpc) is 2.94. The summed E-state index contributed by atoms with van der Waals surface area (Å²) < 4.78 is 14.3. The number of ketones is 1. The van der Waals surface area contributed by atoms with E-state index in [9.17, 15) is 14.0 Å². The van der Waals surface area contributed by atoms with Crippen LogP contribution in [0.4, 0.5) is 4.39 Å². The number of nitrogens with one attached hydrogen (secondary N) is 2. The first-order valence-electron chi connectivity index (χ1n) is 7.04. The second-order valence-corrected chi connectivity index (χ2v) is 5.90. The zero-order valence-corrected chi connectivity index (χ0v) is 12.3. The number of halogens is 2. The van der Waals surface area contributed by atoms with Gasteiger partial charge in [-0.1, -0.05) is 0 Å². The average molecular weight is 306 g/mol. The molecule has 2 heterocycles. The van der Waals surface area contributed by atoms with Crippen molar-refractivity contribution in [2.45, 2.75) is 43.5 Å². The van der Waals surface area contributed by atoms with Crippen molar-refractivity contribution in [1.29, 1.82) is 0 Å². The molecule has 114 valence electrons. The van der Waals surface area contributed by atoms with Crippen LogP contribution in [-0.2, 0) is 9.59 Å². The van der Waals surface area contributed by atoms with Gasteiger partial charge in [0.05, 0.1) is 24.0 Å². The Labute approximate surface area is 123 Å². The van der Waals surface area contributed by atoms with E-state index in [1.165, 1.54) is 7.05 Å². The van der Waals surface area contributed by atoms with Crippen molar-refractivity contribution in [3.8, 4) is 0 Å². The Kier molecular flexibility index (Phi) is 5.35. The number of nitrogens with zero attached hydrogens (tertiary/aromatic N) is 1. The van der Waals surface area contributed by atoms with Crippen LogP contribution in [0.3, 0.4) is 0 Å². The Morgan fingerprint density at radius 2 is 2.05 bits per heavy atom. The third-order valence-corrected chi connectivity index (χ3v) is 4.50. The molecule has 4 unspecified atom stereocenters. The Balaban J connectivity index is 1.95. The molecule has 1 amide bonds. The Hall–Kier alpha value is -0.720. The van der Waals surface area contributed by atoms with E-state index < -0.39 is 23.8 Å². The molecule has 2 rings (SSSR count). The molecule has 5 nitrogen and oxygen atoms in total. The van der Waals surface area contributed by atoms with Gasteiger partial charge in [0, 0.05) is 7.05 Å². The predicted octanol–water partition coefficient (Wildman–Crippen LogP) is 0.626. The fourth-order valence-electron chi connectivity index (χ4n) is 2.90. The lowest BCUT2D eigenvalue weighted by atomic mass is 9.90. The second kappa shape index (κ2) is 6.83. The van der Waals surface area contributed by atoms with Gasteiger partial charge in [0.25, 0.3) is 0 Å². The predicted molar refractivity (Wildman–Crippen MR) is 74.1 cm³/mol. The fourth-order valence-corrected chi connectivity index (χ4v) is 3.27. The van der Waals surface area contributed by atoms with Crippen molar-refractivity contribution in [1.82, 2.24) is 15.5 Å². The van der Waals surface area contributed by atoms with Crippen LogP contribution in [0, 0.1) is 5.92 Å². The topological polar surface area (TPSA) is 61.4 Å². The highest BCUT2D eigenvalue weighted by molar-refractivity contribution is 6.22. The summed E-state index contributed by atoms with van der Waals surface area (Å²) in [4.78, 5) is 25.3. The molecule has 20 heavy (non-hydrogen) atoms. The van der Waals surface area contributed by atoms with Crippen molar-refractivity contribution in [3.05, 3.63) is 0 Å². The summed E-state index contributed by atoms with van der Waals surface area (Å²) in [6.07, 6.45) is 0.421. The molecule has 0 spiro atoms. The maximum atomic E-state index is 14.3. The lowest BCUT2D eigenvalue weighted by molar-refractivity contribution is -0.131. The van der Waals surface area contributed by atoms with Crippen molar-refractivity contribution < 1.29 is 14.0 Å². The SMILES string of the molecule is CNC(=O)CC(=O)C1CC(F)C(N2CCCC2)NC1Cl. The molecule has 0 radical (unpaired) electrons. The van der Waals surface area contributed by atoms with Crippen LogP contribution >= 0.6 is 11.6 Å². The van der Waals surface area contributed by atoms with Crippen LogP contribution in [0.15, 0.2) is 0 Å². The van der Waals surface area contributed by atoms with E-state index in [0.29, 0.717) is 0 Å². The van der Waals surface area contributed by atoms with Crippen LogP contribution in [0.1, 0.15) is 25.7 Å². The number of carbonyl (C=O) groups is 2. The molecular weight excluding hydrogens is 285 g/mol. The zero-order chi connectivity index (χ0) is 14.7. The Bertz CT molecular complexity index is 377. The van der Waals surface area contributed by atoms with E-state index >= 15 is 0 Å². The van der Waals surface area contributed by atoms with Crippen LogP contribution < -0.4 is 10.6 Å². The van der Waals surface area contributed by atoms with Crippen LogP contribution in [-0.4, -0.2) is 54.6 Å². The third-order valence-electron chi connectivity index (χ3n) is 4.07. The molecule has 0 saturated carbocycles. The number of likely N-dealkylation sites (tertiary alicyclic amines) is 1. The van der Waals surface area contributed by atoms with Crippen LogP contribution in [0.5, 0.6) is 0 Å². The summed E-state index contributed by atoms with van der Waals surface area (Å²) in [5, 5.41) is 5.38. The normalized spacial score (nSPS) is 35.0. The van der Waals surface area contributed by atoms with E-state index in [-0.39, 0.29) is 24.5 Å². The van der Waals surface area contributed by atoms with Crippen LogP contribution in [0.25, 0.3) is 0 Å². The number of amides is 1. The van der Waals surface area contributed by atoms with Crippen molar-refractivity contribution in [3.63, 3.8) is 0 Å². The highest BCUT2D eigenvalue weighted by Gasteiger charge is 2.42. The molecule has 0 aromatic rings. The van der Waals surface area contributed by atoms with E-state index in [0.717, 1.165) is 25.9 Å². The molecule has 2 saturated heterocycles. The maximum absolute atomic E-state index is 14.3. The minimum absolute atomic E-state index is 0.0815. The largest absolute Gasteiger partial charge is 0.359 e. The first-order chi connectivity index (χ1) is 9.52. The molecule has 0 aromatic carbocycles. The number of Topliss-reactive ketones (excluding diaryl/α,β-unsaturated/α-hetero) is 1. The van der Waals surface area contributed by atoms with Gasteiger partial charge in [-0.2, -0.15) is 0 Å². The summed E-state index contributed by atoms with van der Waals surface area (Å²) in [6.45, 7) is 1.72. The monoisotopic (exact) mass is 305 g/mol. The van der Waals surface area contributed by atoms with Gasteiger partial charge >= 0.3 is 0 Å². The zero-order valence-electron chi connectivity index (χ0n) is 11.6. The number of alkyl halides is 2. The van der Waals surface area contributed by atoms with Gasteiger partial charge in [0.15, 0.2) is 0 Å². The standard InChI is InChI=1S/C13H21ClFN3O2/c1-16-11(20)7-10(19)8-6-9(15)13(17-12(8)14)18-4-2-3-5-18/h8-9,12-13,17H,2-7H2,1H3,(H,16,20). The molecular formula is C13H21ClFN3O2. The lowest BCUT2D eigenvalue weighted by Crippen LogP contribution is -2.60. The molecule has 2 aliphatic heterocycles. The maximum Gasteiger partial charge on any atom is 0.227 e. The lowest BCUT2D eigenvalue weighted by Gasteiger charge is -2.40. The van der Waals surface area contributed by atoms with Crippen LogP contribution in [0.2, 0.25) is 0 Å². The number of carbonyl (C=O) groups excluding carboxylic acids is 2. The van der Waals surface area contributed by atoms with Gasteiger partial charge in [-0.3, -0.25) is 19.8 Å². The number of hydrogen-bond acceptors (Lipinski definition) is 4. The van der Waals surface area contributed by atoms with E-state index in [1.807, 2.05) is 4.90 Å². The van der Waals surface area contributed by atoms with Gasteiger partial charge < -0.3 is 5.32 Å². The molecule has 2 N–H and O–H groups in total. The molecule has 2 fully saturated rings. The fraction of sp³-hybridized carbons (Fsp3) is 0.846. The highest BCUT2D eigenvalue weighted by Crippen LogP contribution is 2.29. The van der Waals surface area contributed by atoms with Gasteiger partial charge in [-0.05, 0) is 32.4 Å². The minimum Gasteiger partial charge on any atom is -0.359 e.